The van der Waals surface area contributed by atoms with Crippen molar-refractivity contribution in [2.24, 2.45) is 0 Å². The molecule has 166 valence electrons. The molecule has 0 bridgehead atoms. The first kappa shape index (κ1) is 23.1. The molecule has 0 aliphatic rings. The van der Waals surface area contributed by atoms with Crippen molar-refractivity contribution < 1.29 is 18.0 Å². The molecule has 1 N–H and O–H groups in total. The fraction of sp³-hybridized carbons (Fsp3) is 0.381. The zero-order valence-corrected chi connectivity index (χ0v) is 19.2. The van der Waals surface area contributed by atoms with Crippen molar-refractivity contribution in [1.29, 1.82) is 0 Å². The Bertz CT molecular complexity index is 1120. The van der Waals surface area contributed by atoms with Crippen LogP contribution in [0.25, 0.3) is 0 Å². The lowest BCUT2D eigenvalue weighted by Crippen LogP contribution is -2.17. The number of hydrogen-bond donors (Lipinski definition) is 1. The minimum absolute atomic E-state index is 0.0197. The lowest BCUT2D eigenvalue weighted by molar-refractivity contribution is -0.142. The third-order valence-electron chi connectivity index (χ3n) is 5.18. The summed E-state index contributed by atoms with van der Waals surface area (Å²) in [5, 5.41) is 11.0. The molecule has 31 heavy (non-hydrogen) atoms. The minimum atomic E-state index is -4.56. The SMILES string of the molecule is Cc1ccccc1Cn1nc(C)c(NC(=O)CCn2nc(C(F)(F)F)c(Br)c2C)c1C. The van der Waals surface area contributed by atoms with Crippen molar-refractivity contribution in [1.82, 2.24) is 19.6 Å². The van der Waals surface area contributed by atoms with Gasteiger partial charge < -0.3 is 5.32 Å². The van der Waals surface area contributed by atoms with Gasteiger partial charge in [0.15, 0.2) is 5.69 Å². The summed E-state index contributed by atoms with van der Waals surface area (Å²) in [6, 6.07) is 8.01. The Hall–Kier alpha value is -2.62. The van der Waals surface area contributed by atoms with Crippen LogP contribution >= 0.6 is 15.9 Å². The number of hydrogen-bond acceptors (Lipinski definition) is 3. The third kappa shape index (κ3) is 5.00. The largest absolute Gasteiger partial charge is 0.436 e. The van der Waals surface area contributed by atoms with Crippen molar-refractivity contribution in [3.63, 3.8) is 0 Å². The second kappa shape index (κ2) is 8.86. The summed E-state index contributed by atoms with van der Waals surface area (Å²) in [4.78, 5) is 12.5. The summed E-state index contributed by atoms with van der Waals surface area (Å²) in [5.41, 5.74) is 3.72. The van der Waals surface area contributed by atoms with Crippen LogP contribution in [0.4, 0.5) is 18.9 Å². The number of aryl methyl sites for hydroxylation is 3. The molecule has 0 aliphatic carbocycles. The van der Waals surface area contributed by atoms with Gasteiger partial charge in [-0.2, -0.15) is 23.4 Å². The molecule has 0 aliphatic heterocycles. The van der Waals surface area contributed by atoms with E-state index < -0.39 is 11.9 Å². The molecular weight excluding hydrogens is 475 g/mol. The zero-order chi connectivity index (χ0) is 22.9. The highest BCUT2D eigenvalue weighted by Gasteiger charge is 2.37. The molecule has 1 aromatic carbocycles. The van der Waals surface area contributed by atoms with Crippen LogP contribution in [0.2, 0.25) is 0 Å². The number of anilines is 1. The molecule has 0 saturated heterocycles. The van der Waals surface area contributed by atoms with E-state index in [0.29, 0.717) is 23.6 Å². The van der Waals surface area contributed by atoms with E-state index in [4.69, 9.17) is 0 Å². The number of alkyl halides is 3. The van der Waals surface area contributed by atoms with E-state index in [-0.39, 0.29) is 23.3 Å². The predicted molar refractivity (Wildman–Crippen MR) is 115 cm³/mol. The highest BCUT2D eigenvalue weighted by Crippen LogP contribution is 2.35. The van der Waals surface area contributed by atoms with Gasteiger partial charge in [0, 0.05) is 6.42 Å². The van der Waals surface area contributed by atoms with E-state index in [0.717, 1.165) is 16.8 Å². The van der Waals surface area contributed by atoms with Gasteiger partial charge in [0.25, 0.3) is 0 Å². The number of nitrogens with zero attached hydrogens (tertiary/aromatic N) is 4. The maximum Gasteiger partial charge on any atom is 0.436 e. The van der Waals surface area contributed by atoms with E-state index >= 15 is 0 Å². The van der Waals surface area contributed by atoms with Gasteiger partial charge in [-0.1, -0.05) is 24.3 Å². The van der Waals surface area contributed by atoms with Gasteiger partial charge in [0.1, 0.15) is 0 Å². The summed E-state index contributed by atoms with van der Waals surface area (Å²) < 4.78 is 41.9. The normalized spacial score (nSPS) is 11.7. The number of rotatable bonds is 6. The second-order valence-corrected chi connectivity index (χ2v) is 8.19. The number of benzene rings is 1. The van der Waals surface area contributed by atoms with Gasteiger partial charge in [0.2, 0.25) is 5.91 Å². The molecule has 0 saturated carbocycles. The average Bonchev–Trinajstić information content (AvgIpc) is 3.12. The quantitative estimate of drug-likeness (QED) is 0.510. The molecular formula is C21H23BrF3N5O. The number of nitrogens with one attached hydrogen (secondary N) is 1. The first-order chi connectivity index (χ1) is 14.5. The lowest BCUT2D eigenvalue weighted by atomic mass is 10.1. The van der Waals surface area contributed by atoms with Crippen LogP contribution in [0.1, 0.15) is 40.3 Å². The Morgan fingerprint density at radius 2 is 1.74 bits per heavy atom. The van der Waals surface area contributed by atoms with Gasteiger partial charge in [-0.3, -0.25) is 14.2 Å². The molecule has 10 heteroatoms. The zero-order valence-electron chi connectivity index (χ0n) is 17.6. The molecule has 0 unspecified atom stereocenters. The van der Waals surface area contributed by atoms with Gasteiger partial charge >= 0.3 is 6.18 Å². The highest BCUT2D eigenvalue weighted by molar-refractivity contribution is 9.10. The average molecular weight is 498 g/mol. The van der Waals surface area contributed by atoms with E-state index in [1.54, 1.807) is 6.92 Å². The van der Waals surface area contributed by atoms with Gasteiger partial charge in [-0.15, -0.1) is 0 Å². The number of amides is 1. The lowest BCUT2D eigenvalue weighted by Gasteiger charge is -2.09. The topological polar surface area (TPSA) is 64.7 Å². The number of aromatic nitrogens is 4. The van der Waals surface area contributed by atoms with Gasteiger partial charge in [-0.25, -0.2) is 0 Å². The van der Waals surface area contributed by atoms with Crippen LogP contribution < -0.4 is 5.32 Å². The molecule has 0 fully saturated rings. The highest BCUT2D eigenvalue weighted by atomic mass is 79.9. The molecule has 2 heterocycles. The number of carbonyl (C=O) groups excluding carboxylic acids is 1. The summed E-state index contributed by atoms with van der Waals surface area (Å²) in [6.07, 6.45) is -4.58. The number of halogens is 4. The van der Waals surface area contributed by atoms with Crippen LogP contribution in [0.15, 0.2) is 28.7 Å². The standard InChI is InChI=1S/C21H23BrF3N5O/c1-12-7-5-6-8-16(12)11-30-15(4)19(13(2)27-30)26-17(31)9-10-29-14(3)18(22)20(28-29)21(23,24)25/h5-8H,9-11H2,1-4H3,(H,26,31). The smallest absolute Gasteiger partial charge is 0.323 e. The molecule has 0 spiro atoms. The van der Waals surface area contributed by atoms with Crippen LogP contribution in [0.5, 0.6) is 0 Å². The van der Waals surface area contributed by atoms with Crippen LogP contribution in [0, 0.1) is 27.7 Å². The molecule has 0 radical (unpaired) electrons. The fourth-order valence-electron chi connectivity index (χ4n) is 3.31. The van der Waals surface area contributed by atoms with Crippen molar-refractivity contribution in [3.05, 3.63) is 62.6 Å². The maximum atomic E-state index is 13.0. The summed E-state index contributed by atoms with van der Waals surface area (Å²) in [5.74, 6) is -0.318. The second-order valence-electron chi connectivity index (χ2n) is 7.40. The number of carbonyl (C=O) groups is 1. The van der Waals surface area contributed by atoms with Crippen LogP contribution in [-0.4, -0.2) is 25.5 Å². The van der Waals surface area contributed by atoms with Crippen molar-refractivity contribution >= 4 is 27.5 Å². The maximum absolute atomic E-state index is 13.0. The molecule has 0 atom stereocenters. The molecule has 3 rings (SSSR count). The van der Waals surface area contributed by atoms with Crippen molar-refractivity contribution in [2.45, 2.75) is 53.4 Å². The van der Waals surface area contributed by atoms with Gasteiger partial charge in [0.05, 0.1) is 40.3 Å². The Balaban J connectivity index is 1.69. The van der Waals surface area contributed by atoms with E-state index in [1.807, 2.05) is 42.8 Å². The molecule has 2 aromatic heterocycles. The fourth-order valence-corrected chi connectivity index (χ4v) is 3.82. The van der Waals surface area contributed by atoms with E-state index in [1.165, 1.54) is 11.6 Å². The summed E-state index contributed by atoms with van der Waals surface area (Å²) in [7, 11) is 0. The summed E-state index contributed by atoms with van der Waals surface area (Å²) >= 11 is 2.94. The monoisotopic (exact) mass is 497 g/mol. The molecule has 6 nitrogen and oxygen atoms in total. The van der Waals surface area contributed by atoms with E-state index in [9.17, 15) is 18.0 Å². The minimum Gasteiger partial charge on any atom is -0.323 e. The third-order valence-corrected chi connectivity index (χ3v) is 6.13. The van der Waals surface area contributed by atoms with Crippen LogP contribution in [0.3, 0.4) is 0 Å². The Kier molecular flexibility index (Phi) is 6.59. The molecule has 3 aromatic rings. The van der Waals surface area contributed by atoms with Crippen molar-refractivity contribution in [3.8, 4) is 0 Å². The Morgan fingerprint density at radius 1 is 1.06 bits per heavy atom. The first-order valence-corrected chi connectivity index (χ1v) is 10.5. The predicted octanol–water partition coefficient (Wildman–Crippen LogP) is 5.17. The van der Waals surface area contributed by atoms with Crippen LogP contribution in [-0.2, 0) is 24.1 Å². The van der Waals surface area contributed by atoms with Crippen molar-refractivity contribution in [2.75, 3.05) is 5.32 Å². The van der Waals surface area contributed by atoms with Gasteiger partial charge in [-0.05, 0) is 54.8 Å². The Labute approximate surface area is 186 Å². The van der Waals surface area contributed by atoms with E-state index in [2.05, 4.69) is 31.4 Å². The summed E-state index contributed by atoms with van der Waals surface area (Å²) in [6.45, 7) is 7.84. The Morgan fingerprint density at radius 3 is 2.35 bits per heavy atom. The molecule has 1 amide bonds. The first-order valence-electron chi connectivity index (χ1n) is 9.67.